The Morgan fingerprint density at radius 2 is 1.38 bits per heavy atom. The van der Waals surface area contributed by atoms with Crippen molar-refractivity contribution < 1.29 is 28.7 Å². The quantitative estimate of drug-likeness (QED) is 0.0588. The number of hydrogen-bond acceptors (Lipinski definition) is 7. The largest absolute Gasteiger partial charge is 0.464 e. The topological polar surface area (TPSA) is 114 Å². The molecule has 0 spiro atoms. The number of unbranched alkanes of at least 4 members (excludes halogenated alkanes) is 2. The Kier molecular flexibility index (Phi) is 19.9. The van der Waals surface area contributed by atoms with Crippen molar-refractivity contribution in [3.8, 4) is 0 Å². The van der Waals surface area contributed by atoms with E-state index >= 15 is 0 Å². The zero-order chi connectivity index (χ0) is 40.8. The molecule has 3 heterocycles. The minimum absolute atomic E-state index is 0.235. The molecule has 2 amide bonds. The van der Waals surface area contributed by atoms with Crippen molar-refractivity contribution >= 4 is 30.4 Å². The van der Waals surface area contributed by atoms with Crippen LogP contribution < -0.4 is 0 Å². The molecule has 56 heavy (non-hydrogen) atoms. The van der Waals surface area contributed by atoms with E-state index < -0.39 is 29.1 Å². The summed E-state index contributed by atoms with van der Waals surface area (Å²) in [4.78, 5) is 65.8. The number of ketones is 1. The minimum Gasteiger partial charge on any atom is -0.464 e. The Balaban J connectivity index is 0.000000289. The van der Waals surface area contributed by atoms with Gasteiger partial charge in [0.15, 0.2) is 0 Å². The third-order valence-corrected chi connectivity index (χ3v) is 10.9. The molecule has 2 aliphatic rings. The number of Topliss-reactive ketones (excluding diaryl/α,β-unsaturated/α-hetero) is 1. The van der Waals surface area contributed by atoms with Crippen molar-refractivity contribution in [1.29, 1.82) is 0 Å². The molecular weight excluding hydrogens is 703 g/mol. The lowest BCUT2D eigenvalue weighted by molar-refractivity contribution is -0.157. The van der Waals surface area contributed by atoms with Gasteiger partial charge in [0.05, 0.1) is 19.1 Å². The van der Waals surface area contributed by atoms with E-state index in [2.05, 4.69) is 46.8 Å². The lowest BCUT2D eigenvalue weighted by Crippen LogP contribution is -2.48. The fourth-order valence-electron chi connectivity index (χ4n) is 7.12. The Labute approximate surface area is 334 Å². The standard InChI is InChI=1S/C26H33NO.C20H28N2O4.CH2O/c1-22(13-5-2-6-14-23-15-7-3-8-16-23)25-19-11-12-20-27(25)26(28)21-24-17-9-4-10-18-24;1-4-20(2,3)17(23)18(24)22-12-6-10-16(22)19(25)26-13-7-9-15-8-5-11-21-14-15;1-2/h3-4,7-10,15-18,25H,1-2,5-6,11-14,19-21H2;5,8,11,14,16H,4,6-7,9-10,12-13H2,1-3H3;1H2/t;16-;/m.0./s1. The van der Waals surface area contributed by atoms with Crippen LogP contribution in [0.2, 0.25) is 0 Å². The zero-order valence-electron chi connectivity index (χ0n) is 34.0. The number of piperidine rings is 1. The van der Waals surface area contributed by atoms with Crippen LogP contribution in [0.5, 0.6) is 0 Å². The van der Waals surface area contributed by atoms with Crippen LogP contribution in [0.25, 0.3) is 0 Å². The predicted octanol–water partition coefficient (Wildman–Crippen LogP) is 8.34. The molecule has 9 heteroatoms. The number of esters is 1. The first kappa shape index (κ1) is 45.5. The number of aryl methyl sites for hydroxylation is 2. The van der Waals surface area contributed by atoms with Crippen molar-refractivity contribution in [2.45, 2.75) is 123 Å². The highest BCUT2D eigenvalue weighted by molar-refractivity contribution is 6.38. The molecule has 1 unspecified atom stereocenters. The molecule has 9 nitrogen and oxygen atoms in total. The van der Waals surface area contributed by atoms with Crippen molar-refractivity contribution in [2.24, 2.45) is 5.41 Å². The fourth-order valence-corrected chi connectivity index (χ4v) is 7.12. The lowest BCUT2D eigenvalue weighted by atomic mass is 9.84. The predicted molar refractivity (Wildman–Crippen MR) is 222 cm³/mol. The number of hydrogen-bond donors (Lipinski definition) is 0. The molecule has 2 atom stereocenters. The van der Waals surface area contributed by atoms with Gasteiger partial charge in [-0.25, -0.2) is 4.79 Å². The first-order valence-corrected chi connectivity index (χ1v) is 20.4. The summed E-state index contributed by atoms with van der Waals surface area (Å²) in [6, 6.07) is 24.2. The maximum Gasteiger partial charge on any atom is 0.328 e. The highest BCUT2D eigenvalue weighted by atomic mass is 16.5. The first-order valence-electron chi connectivity index (χ1n) is 20.4. The Morgan fingerprint density at radius 3 is 2.04 bits per heavy atom. The van der Waals surface area contributed by atoms with E-state index in [1.807, 2.05) is 56.2 Å². The average molecular weight is 766 g/mol. The van der Waals surface area contributed by atoms with Crippen LogP contribution in [0.3, 0.4) is 0 Å². The third-order valence-electron chi connectivity index (χ3n) is 10.9. The van der Waals surface area contributed by atoms with Gasteiger partial charge in [-0.3, -0.25) is 19.4 Å². The number of rotatable bonds is 17. The van der Waals surface area contributed by atoms with Gasteiger partial charge in [0.2, 0.25) is 11.7 Å². The van der Waals surface area contributed by atoms with E-state index in [9.17, 15) is 19.2 Å². The molecule has 0 bridgehead atoms. The van der Waals surface area contributed by atoms with E-state index in [4.69, 9.17) is 9.53 Å². The maximum absolute atomic E-state index is 12.9. The summed E-state index contributed by atoms with van der Waals surface area (Å²) in [7, 11) is 0. The fraction of sp³-hybridized carbons (Fsp3) is 0.489. The molecule has 3 aromatic rings. The van der Waals surface area contributed by atoms with Crippen LogP contribution in [-0.2, 0) is 48.0 Å². The maximum atomic E-state index is 12.9. The Hall–Kier alpha value is -4.92. The Bertz CT molecular complexity index is 1650. The highest BCUT2D eigenvalue weighted by Gasteiger charge is 2.41. The van der Waals surface area contributed by atoms with Gasteiger partial charge in [0.1, 0.15) is 12.8 Å². The number of likely N-dealkylation sites (tertiary alicyclic amines) is 2. The summed E-state index contributed by atoms with van der Waals surface area (Å²) in [5.74, 6) is -1.16. The van der Waals surface area contributed by atoms with E-state index in [0.717, 1.165) is 49.8 Å². The first-order chi connectivity index (χ1) is 27.1. The third kappa shape index (κ3) is 14.6. The van der Waals surface area contributed by atoms with Gasteiger partial charge < -0.3 is 19.3 Å². The molecule has 2 saturated heterocycles. The number of carbonyl (C=O) groups excluding carboxylic acids is 5. The second-order valence-electron chi connectivity index (χ2n) is 15.3. The summed E-state index contributed by atoms with van der Waals surface area (Å²) in [6.07, 6.45) is 16.5. The smallest absolute Gasteiger partial charge is 0.328 e. The Morgan fingerprint density at radius 1 is 0.750 bits per heavy atom. The van der Waals surface area contributed by atoms with Crippen molar-refractivity contribution in [2.75, 3.05) is 19.7 Å². The minimum atomic E-state index is -0.710. The molecule has 302 valence electrons. The van der Waals surface area contributed by atoms with Gasteiger partial charge in [0, 0.05) is 30.9 Å². The van der Waals surface area contributed by atoms with Crippen molar-refractivity contribution in [3.63, 3.8) is 0 Å². The average Bonchev–Trinajstić information content (AvgIpc) is 3.74. The van der Waals surface area contributed by atoms with E-state index in [1.165, 1.54) is 41.7 Å². The molecule has 5 rings (SSSR count). The number of benzene rings is 2. The molecule has 0 saturated carbocycles. The molecule has 2 aliphatic heterocycles. The van der Waals surface area contributed by atoms with E-state index in [1.54, 1.807) is 26.2 Å². The summed E-state index contributed by atoms with van der Waals surface area (Å²) in [5.41, 5.74) is 4.15. The lowest BCUT2D eigenvalue weighted by Gasteiger charge is -2.37. The molecule has 0 aliphatic carbocycles. The van der Waals surface area contributed by atoms with E-state index in [-0.39, 0.29) is 11.9 Å². The molecule has 2 aromatic carbocycles. The summed E-state index contributed by atoms with van der Waals surface area (Å²) in [6.45, 7) is 13.4. The van der Waals surface area contributed by atoms with Crippen molar-refractivity contribution in [3.05, 3.63) is 114 Å². The second-order valence-corrected chi connectivity index (χ2v) is 15.3. The number of ether oxygens (including phenoxy) is 1. The van der Waals surface area contributed by atoms with Crippen LogP contribution in [-0.4, -0.2) is 76.9 Å². The normalized spacial score (nSPS) is 16.4. The van der Waals surface area contributed by atoms with Crippen LogP contribution in [0.15, 0.2) is 97.3 Å². The van der Waals surface area contributed by atoms with Crippen LogP contribution >= 0.6 is 0 Å². The summed E-state index contributed by atoms with van der Waals surface area (Å²) >= 11 is 0. The van der Waals surface area contributed by atoms with Gasteiger partial charge in [-0.05, 0) is 99.8 Å². The van der Waals surface area contributed by atoms with Gasteiger partial charge >= 0.3 is 5.97 Å². The SMILES string of the molecule is C=C(CCCCCc1ccccc1)C1CCCCN1C(=O)Cc1ccccc1.C=O.CCC(C)(C)C(=O)C(=O)N1CCC[C@H]1C(=O)OCCCc1cccnc1. The van der Waals surface area contributed by atoms with Gasteiger partial charge in [0.25, 0.3) is 5.91 Å². The van der Waals surface area contributed by atoms with E-state index in [0.29, 0.717) is 45.3 Å². The van der Waals surface area contributed by atoms with Gasteiger partial charge in [-0.15, -0.1) is 0 Å². The summed E-state index contributed by atoms with van der Waals surface area (Å²) in [5, 5.41) is 0. The zero-order valence-corrected chi connectivity index (χ0v) is 34.0. The molecule has 2 fully saturated rings. The molecule has 1 aromatic heterocycles. The number of nitrogens with zero attached hydrogens (tertiary/aromatic N) is 3. The highest BCUT2D eigenvalue weighted by Crippen LogP contribution is 2.28. The number of pyridine rings is 1. The van der Waals surface area contributed by atoms with Crippen LogP contribution in [0.4, 0.5) is 0 Å². The summed E-state index contributed by atoms with van der Waals surface area (Å²) < 4.78 is 5.36. The second kappa shape index (κ2) is 24.6. The monoisotopic (exact) mass is 765 g/mol. The van der Waals surface area contributed by atoms with Gasteiger partial charge in [-0.1, -0.05) is 106 Å². The number of carbonyl (C=O) groups is 5. The van der Waals surface area contributed by atoms with Crippen LogP contribution in [0, 0.1) is 5.41 Å². The number of aromatic nitrogens is 1. The molecule has 0 N–H and O–H groups in total. The number of amides is 2. The molecular formula is C47H63N3O6. The molecule has 0 radical (unpaired) electrons. The van der Waals surface area contributed by atoms with Crippen LogP contribution in [0.1, 0.15) is 108 Å². The van der Waals surface area contributed by atoms with Crippen molar-refractivity contribution in [1.82, 2.24) is 14.8 Å². The van der Waals surface area contributed by atoms with Gasteiger partial charge in [-0.2, -0.15) is 0 Å².